The molecule has 2 amide bonds. The third-order valence-corrected chi connectivity index (χ3v) is 5.81. The maximum atomic E-state index is 13.1. The quantitative estimate of drug-likeness (QED) is 0.576. The van der Waals surface area contributed by atoms with Crippen LogP contribution in [0.1, 0.15) is 62.4 Å². The molecule has 0 spiro atoms. The molecule has 2 aromatic rings. The van der Waals surface area contributed by atoms with Gasteiger partial charge in [0.1, 0.15) is 5.65 Å². The lowest BCUT2D eigenvalue weighted by molar-refractivity contribution is -0.117. The number of aromatic nitrogens is 2. The fourth-order valence-electron chi connectivity index (χ4n) is 4.03. The van der Waals surface area contributed by atoms with Crippen molar-refractivity contribution >= 4 is 23.5 Å². The van der Waals surface area contributed by atoms with E-state index in [1.165, 1.54) is 10.5 Å². The molecule has 9 nitrogen and oxygen atoms in total. The number of rotatable bonds is 6. The molecule has 178 valence electrons. The highest BCUT2D eigenvalue weighted by Crippen LogP contribution is 2.28. The van der Waals surface area contributed by atoms with E-state index in [0.717, 1.165) is 25.7 Å². The van der Waals surface area contributed by atoms with Crippen molar-refractivity contribution in [3.63, 3.8) is 0 Å². The Balaban J connectivity index is 1.71. The zero-order valence-corrected chi connectivity index (χ0v) is 19.4. The molecule has 1 aliphatic carbocycles. The second kappa shape index (κ2) is 9.05. The van der Waals surface area contributed by atoms with Gasteiger partial charge in [0.15, 0.2) is 5.56 Å². The van der Waals surface area contributed by atoms with Crippen LogP contribution < -0.4 is 16.2 Å². The van der Waals surface area contributed by atoms with E-state index in [1.54, 1.807) is 22.9 Å². The average molecular weight is 457 g/mol. The van der Waals surface area contributed by atoms with Crippen LogP contribution in [-0.4, -0.2) is 51.2 Å². The van der Waals surface area contributed by atoms with Gasteiger partial charge in [-0.2, -0.15) is 0 Å². The molecule has 1 saturated carbocycles. The third kappa shape index (κ3) is 5.30. The zero-order valence-electron chi connectivity index (χ0n) is 19.4. The van der Waals surface area contributed by atoms with Gasteiger partial charge in [-0.05, 0) is 43.2 Å². The monoisotopic (exact) mass is 456 g/mol. The van der Waals surface area contributed by atoms with Crippen molar-refractivity contribution in [3.8, 4) is 5.88 Å². The first-order valence-corrected chi connectivity index (χ1v) is 11.5. The van der Waals surface area contributed by atoms with Crippen LogP contribution in [0.5, 0.6) is 5.88 Å². The van der Waals surface area contributed by atoms with Gasteiger partial charge >= 0.3 is 0 Å². The smallest absolute Gasteiger partial charge is 0.274 e. The summed E-state index contributed by atoms with van der Waals surface area (Å²) < 4.78 is 8.27. The Hall–Kier alpha value is -3.07. The molecule has 2 aliphatic rings. The van der Waals surface area contributed by atoms with E-state index in [-0.39, 0.29) is 34.8 Å². The van der Waals surface area contributed by atoms with Crippen LogP contribution in [0.2, 0.25) is 0 Å². The van der Waals surface area contributed by atoms with Crippen LogP contribution in [0.25, 0.3) is 11.7 Å². The van der Waals surface area contributed by atoms with Crippen LogP contribution in [0.4, 0.5) is 0 Å². The first-order chi connectivity index (χ1) is 15.6. The highest BCUT2D eigenvalue weighted by atomic mass is 16.5. The first-order valence-electron chi connectivity index (χ1n) is 11.5. The van der Waals surface area contributed by atoms with Crippen molar-refractivity contribution in [2.45, 2.75) is 65.1 Å². The summed E-state index contributed by atoms with van der Waals surface area (Å²) in [5.41, 5.74) is -0.0595. The molecule has 33 heavy (non-hydrogen) atoms. The second-order valence-corrected chi connectivity index (χ2v) is 10.1. The van der Waals surface area contributed by atoms with E-state index in [0.29, 0.717) is 31.0 Å². The Bertz CT molecular complexity index is 1140. The molecule has 0 atom stereocenters. The van der Waals surface area contributed by atoms with E-state index in [9.17, 15) is 19.5 Å². The number of nitrogens with one attached hydrogen (secondary N) is 2. The van der Waals surface area contributed by atoms with Crippen molar-refractivity contribution in [2.24, 2.45) is 5.41 Å². The highest BCUT2D eigenvalue weighted by Gasteiger charge is 2.30. The lowest BCUT2D eigenvalue weighted by atomic mass is 9.96. The molecule has 4 rings (SSSR count). The Kier molecular flexibility index (Phi) is 6.34. The minimum Gasteiger partial charge on any atom is -0.494 e. The fourth-order valence-corrected chi connectivity index (χ4v) is 4.03. The number of amides is 2. The van der Waals surface area contributed by atoms with E-state index in [4.69, 9.17) is 4.74 Å². The summed E-state index contributed by atoms with van der Waals surface area (Å²) in [5.74, 6) is -1.15. The van der Waals surface area contributed by atoms with Crippen LogP contribution in [0, 0.1) is 5.41 Å². The molecule has 9 heteroatoms. The second-order valence-electron chi connectivity index (χ2n) is 10.1. The van der Waals surface area contributed by atoms with Gasteiger partial charge in [0, 0.05) is 49.7 Å². The average Bonchev–Trinajstić information content (AvgIpc) is 3.45. The molecule has 0 bridgehead atoms. The lowest BCUT2D eigenvalue weighted by Crippen LogP contribution is -2.37. The predicted octanol–water partition coefficient (Wildman–Crippen LogP) is 2.05. The Morgan fingerprint density at radius 2 is 1.82 bits per heavy atom. The Morgan fingerprint density at radius 3 is 2.45 bits per heavy atom. The molecular formula is C24H32N4O5. The van der Waals surface area contributed by atoms with Crippen molar-refractivity contribution < 1.29 is 19.4 Å². The normalized spacial score (nSPS) is 17.5. The lowest BCUT2D eigenvalue weighted by Gasteiger charge is -2.24. The van der Waals surface area contributed by atoms with E-state index in [2.05, 4.69) is 10.6 Å². The molecule has 1 aliphatic heterocycles. The third-order valence-electron chi connectivity index (χ3n) is 5.81. The molecule has 0 radical (unpaired) electrons. The van der Waals surface area contributed by atoms with Crippen molar-refractivity contribution in [2.75, 3.05) is 13.2 Å². The minimum absolute atomic E-state index is 0.0560. The first kappa shape index (κ1) is 23.1. The van der Waals surface area contributed by atoms with Crippen LogP contribution in [0.15, 0.2) is 23.1 Å². The maximum Gasteiger partial charge on any atom is 0.274 e. The topological polar surface area (TPSA) is 114 Å². The standard InChI is InChI=1S/C24H32N4O5/c1-24(2,3)14-28-21-15(4-7-18(29)25-17-9-12-33-13-10-17)8-11-27(21)22(31)19(23(28)32)20(30)26-16-5-6-16/h4,7-8,11,16-17,32H,5-6,9-10,12-14H2,1-3H3,(H,25,29)(H,26,30)/b7-4+. The largest absolute Gasteiger partial charge is 0.494 e. The summed E-state index contributed by atoms with van der Waals surface area (Å²) in [6, 6.07) is 1.84. The summed E-state index contributed by atoms with van der Waals surface area (Å²) in [7, 11) is 0. The number of hydrogen-bond acceptors (Lipinski definition) is 5. The SMILES string of the molecule is CC(C)(C)Cn1c(O)c(C(=O)NC2CC2)c(=O)n2ccc(/C=C/C(=O)NC3CCOCC3)c12. The van der Waals surface area contributed by atoms with Crippen molar-refractivity contribution in [1.29, 1.82) is 0 Å². The Labute approximate surface area is 192 Å². The molecule has 3 heterocycles. The molecule has 1 saturated heterocycles. The Morgan fingerprint density at radius 1 is 1.15 bits per heavy atom. The fraction of sp³-hybridized carbons (Fsp3) is 0.542. The number of carbonyl (C=O) groups is 2. The number of nitrogens with zero attached hydrogens (tertiary/aromatic N) is 2. The van der Waals surface area contributed by atoms with Crippen LogP contribution >= 0.6 is 0 Å². The van der Waals surface area contributed by atoms with E-state index in [1.807, 2.05) is 20.8 Å². The summed E-state index contributed by atoms with van der Waals surface area (Å²) >= 11 is 0. The van der Waals surface area contributed by atoms with Gasteiger partial charge in [0.05, 0.1) is 0 Å². The highest BCUT2D eigenvalue weighted by molar-refractivity contribution is 5.97. The zero-order chi connectivity index (χ0) is 23.8. The van der Waals surface area contributed by atoms with E-state index >= 15 is 0 Å². The summed E-state index contributed by atoms with van der Waals surface area (Å²) in [5, 5.41) is 16.8. The number of fused-ring (bicyclic) bond motifs is 1. The van der Waals surface area contributed by atoms with Gasteiger partial charge in [0.25, 0.3) is 11.5 Å². The predicted molar refractivity (Wildman–Crippen MR) is 124 cm³/mol. The van der Waals surface area contributed by atoms with Gasteiger partial charge in [0.2, 0.25) is 11.8 Å². The van der Waals surface area contributed by atoms with Crippen molar-refractivity contribution in [3.05, 3.63) is 39.8 Å². The molecule has 3 N–H and O–H groups in total. The molecule has 0 unspecified atom stereocenters. The number of carbonyl (C=O) groups excluding carboxylic acids is 2. The van der Waals surface area contributed by atoms with Crippen LogP contribution in [-0.2, 0) is 16.1 Å². The van der Waals surface area contributed by atoms with Crippen molar-refractivity contribution in [1.82, 2.24) is 19.6 Å². The molecule has 2 aromatic heterocycles. The van der Waals surface area contributed by atoms with Gasteiger partial charge in [-0.15, -0.1) is 0 Å². The number of aromatic hydroxyl groups is 1. The van der Waals surface area contributed by atoms with E-state index < -0.39 is 11.5 Å². The molecule has 2 fully saturated rings. The van der Waals surface area contributed by atoms with Gasteiger partial charge in [-0.3, -0.25) is 23.4 Å². The van der Waals surface area contributed by atoms with Crippen LogP contribution in [0.3, 0.4) is 0 Å². The summed E-state index contributed by atoms with van der Waals surface area (Å²) in [4.78, 5) is 38.3. The summed E-state index contributed by atoms with van der Waals surface area (Å²) in [6.45, 7) is 7.65. The number of ether oxygens (including phenoxy) is 1. The minimum atomic E-state index is -0.586. The maximum absolute atomic E-state index is 13.1. The molecule has 0 aromatic carbocycles. The summed E-state index contributed by atoms with van der Waals surface area (Å²) in [6.07, 6.45) is 7.94. The number of hydrogen-bond donors (Lipinski definition) is 3. The molecular weight excluding hydrogens is 424 g/mol. The van der Waals surface area contributed by atoms with Gasteiger partial charge < -0.3 is 20.5 Å². The van der Waals surface area contributed by atoms with Gasteiger partial charge in [-0.1, -0.05) is 20.8 Å². The van der Waals surface area contributed by atoms with Gasteiger partial charge in [-0.25, -0.2) is 0 Å².